The molecule has 0 unspecified atom stereocenters. The number of methoxy groups -OCH3 is 2. The van der Waals surface area contributed by atoms with Crippen molar-refractivity contribution in [2.45, 2.75) is 6.42 Å². The van der Waals surface area contributed by atoms with Gasteiger partial charge in [-0.05, 0) is 36.4 Å². The van der Waals surface area contributed by atoms with Gasteiger partial charge in [0.2, 0.25) is 0 Å². The lowest BCUT2D eigenvalue weighted by Crippen LogP contribution is -2.35. The zero-order chi connectivity index (χ0) is 20.5. The smallest absolute Gasteiger partial charge is 0.338 e. The van der Waals surface area contributed by atoms with Gasteiger partial charge in [0, 0.05) is 17.3 Å². The van der Waals surface area contributed by atoms with E-state index in [1.165, 1.54) is 31.3 Å². The number of benzene rings is 2. The van der Waals surface area contributed by atoms with Gasteiger partial charge in [0.25, 0.3) is 5.91 Å². The van der Waals surface area contributed by atoms with Gasteiger partial charge in [-0.2, -0.15) is 5.26 Å². The first-order valence-electron chi connectivity index (χ1n) is 8.32. The van der Waals surface area contributed by atoms with Crippen LogP contribution in [0.5, 0.6) is 11.5 Å². The van der Waals surface area contributed by atoms with E-state index >= 15 is 0 Å². The van der Waals surface area contributed by atoms with Crippen LogP contribution in [0.15, 0.2) is 42.5 Å². The molecule has 28 heavy (non-hydrogen) atoms. The number of carbonyl (C=O) groups is 2. The van der Waals surface area contributed by atoms with E-state index in [0.29, 0.717) is 22.2 Å². The summed E-state index contributed by atoms with van der Waals surface area (Å²) >= 11 is 5.98. The summed E-state index contributed by atoms with van der Waals surface area (Å²) in [5.74, 6) is -0.302. The minimum absolute atomic E-state index is 0.127. The zero-order valence-corrected chi connectivity index (χ0v) is 16.2. The molecule has 2 aromatic carbocycles. The molecule has 0 fully saturated rings. The van der Waals surface area contributed by atoms with Crippen molar-refractivity contribution >= 4 is 29.2 Å². The van der Waals surface area contributed by atoms with Crippen LogP contribution in [0.3, 0.4) is 0 Å². The third kappa shape index (κ3) is 5.38. The van der Waals surface area contributed by atoms with Gasteiger partial charge in [-0.25, -0.2) is 4.79 Å². The first-order valence-corrected chi connectivity index (χ1v) is 8.70. The van der Waals surface area contributed by atoms with Gasteiger partial charge in [0.15, 0.2) is 18.1 Å². The fraction of sp³-hybridized carbons (Fsp3) is 0.250. The molecule has 1 amide bonds. The van der Waals surface area contributed by atoms with Gasteiger partial charge in [0.05, 0.1) is 32.3 Å². The summed E-state index contributed by atoms with van der Waals surface area (Å²) in [5, 5.41) is 9.29. The monoisotopic (exact) mass is 402 g/mol. The number of carbonyl (C=O) groups excluding carboxylic acids is 2. The summed E-state index contributed by atoms with van der Waals surface area (Å²) in [4.78, 5) is 26.2. The fourth-order valence-corrected chi connectivity index (χ4v) is 2.64. The van der Waals surface area contributed by atoms with Gasteiger partial charge >= 0.3 is 5.97 Å². The first kappa shape index (κ1) is 21.1. The molecule has 2 aromatic rings. The Labute approximate surface area is 168 Å². The molecule has 146 valence electrons. The number of hydrogen-bond acceptors (Lipinski definition) is 6. The van der Waals surface area contributed by atoms with Crippen LogP contribution >= 0.6 is 11.6 Å². The van der Waals surface area contributed by atoms with E-state index in [2.05, 4.69) is 0 Å². The van der Waals surface area contributed by atoms with E-state index < -0.39 is 18.5 Å². The predicted molar refractivity (Wildman–Crippen MR) is 104 cm³/mol. The number of ether oxygens (including phenoxy) is 3. The molecule has 0 saturated carbocycles. The summed E-state index contributed by atoms with van der Waals surface area (Å²) in [6.07, 6.45) is 0.127. The molecule has 0 atom stereocenters. The molecule has 8 heteroatoms. The SMILES string of the molecule is COc1ccc(C(=O)OCC(=O)N(CCC#N)c2cccc(Cl)c2)cc1OC. The van der Waals surface area contributed by atoms with Gasteiger partial charge in [-0.3, -0.25) is 4.79 Å². The van der Waals surface area contributed by atoms with E-state index in [1.807, 2.05) is 6.07 Å². The Kier molecular flexibility index (Phi) is 7.66. The lowest BCUT2D eigenvalue weighted by molar-refractivity contribution is -0.121. The van der Waals surface area contributed by atoms with Crippen LogP contribution in [0.25, 0.3) is 0 Å². The van der Waals surface area contributed by atoms with Crippen LogP contribution in [-0.2, 0) is 9.53 Å². The molecule has 0 aliphatic heterocycles. The summed E-state index contributed by atoms with van der Waals surface area (Å²) in [6, 6.07) is 13.2. The Balaban J connectivity index is 2.09. The average Bonchev–Trinajstić information content (AvgIpc) is 2.71. The van der Waals surface area contributed by atoms with E-state index in [0.717, 1.165) is 0 Å². The quantitative estimate of drug-likeness (QED) is 0.628. The average molecular weight is 403 g/mol. The number of nitriles is 1. The Morgan fingerprint density at radius 3 is 2.50 bits per heavy atom. The molecular formula is C20H19ClN2O5. The van der Waals surface area contributed by atoms with E-state index in [-0.39, 0.29) is 18.5 Å². The number of anilines is 1. The third-order valence-corrected chi connectivity index (χ3v) is 4.05. The van der Waals surface area contributed by atoms with Crippen molar-refractivity contribution in [1.82, 2.24) is 0 Å². The summed E-state index contributed by atoms with van der Waals surface area (Å²) in [5.41, 5.74) is 0.742. The molecule has 0 aliphatic carbocycles. The van der Waals surface area contributed by atoms with Gasteiger partial charge in [-0.15, -0.1) is 0 Å². The minimum atomic E-state index is -0.680. The van der Waals surface area contributed by atoms with Crippen molar-refractivity contribution in [2.75, 3.05) is 32.3 Å². The molecule has 0 N–H and O–H groups in total. The lowest BCUT2D eigenvalue weighted by atomic mass is 10.2. The molecule has 0 spiro atoms. The highest BCUT2D eigenvalue weighted by Crippen LogP contribution is 2.28. The van der Waals surface area contributed by atoms with Crippen molar-refractivity contribution in [1.29, 1.82) is 5.26 Å². The van der Waals surface area contributed by atoms with Crippen molar-refractivity contribution in [3.63, 3.8) is 0 Å². The van der Waals surface area contributed by atoms with Gasteiger partial charge < -0.3 is 19.1 Å². The van der Waals surface area contributed by atoms with E-state index in [4.69, 9.17) is 31.1 Å². The topological polar surface area (TPSA) is 88.9 Å². The van der Waals surface area contributed by atoms with Crippen molar-refractivity contribution in [3.05, 3.63) is 53.1 Å². The molecule has 0 aromatic heterocycles. The molecule has 0 aliphatic rings. The van der Waals surface area contributed by atoms with Crippen molar-refractivity contribution < 1.29 is 23.8 Å². The van der Waals surface area contributed by atoms with Crippen LogP contribution in [0.2, 0.25) is 5.02 Å². The van der Waals surface area contributed by atoms with E-state index in [1.54, 1.807) is 30.3 Å². The van der Waals surface area contributed by atoms with Crippen LogP contribution in [0, 0.1) is 11.3 Å². The Morgan fingerprint density at radius 1 is 1.11 bits per heavy atom. The number of rotatable bonds is 8. The number of hydrogen-bond donors (Lipinski definition) is 0. The largest absolute Gasteiger partial charge is 0.493 e. The molecule has 0 heterocycles. The zero-order valence-electron chi connectivity index (χ0n) is 15.5. The standard InChI is InChI=1S/C20H19ClN2O5/c1-26-17-8-7-14(11-18(17)27-2)20(25)28-13-19(24)23(10-4-9-22)16-6-3-5-15(21)12-16/h3,5-8,11-12H,4,10,13H2,1-2H3. The number of esters is 1. The van der Waals surface area contributed by atoms with Gasteiger partial charge in [0.1, 0.15) is 0 Å². The Bertz CT molecular complexity index is 894. The van der Waals surface area contributed by atoms with Crippen molar-refractivity contribution in [2.24, 2.45) is 0 Å². The normalized spacial score (nSPS) is 9.93. The van der Waals surface area contributed by atoms with E-state index in [9.17, 15) is 9.59 Å². The molecule has 2 rings (SSSR count). The molecule has 0 bridgehead atoms. The molecule has 7 nitrogen and oxygen atoms in total. The first-order chi connectivity index (χ1) is 13.5. The lowest BCUT2D eigenvalue weighted by Gasteiger charge is -2.22. The maximum atomic E-state index is 12.6. The Hall–Kier alpha value is -3.24. The van der Waals surface area contributed by atoms with Crippen LogP contribution < -0.4 is 14.4 Å². The summed E-state index contributed by atoms with van der Waals surface area (Å²) in [7, 11) is 2.94. The molecule has 0 radical (unpaired) electrons. The maximum Gasteiger partial charge on any atom is 0.338 e. The number of nitrogens with zero attached hydrogens (tertiary/aromatic N) is 2. The predicted octanol–water partition coefficient (Wildman–Crippen LogP) is 3.46. The Morgan fingerprint density at radius 2 is 1.86 bits per heavy atom. The van der Waals surface area contributed by atoms with Crippen LogP contribution in [-0.4, -0.2) is 39.2 Å². The second kappa shape index (κ2) is 10.2. The highest BCUT2D eigenvalue weighted by molar-refractivity contribution is 6.30. The summed E-state index contributed by atoms with van der Waals surface area (Å²) in [6.45, 7) is -0.325. The highest BCUT2D eigenvalue weighted by Gasteiger charge is 2.19. The third-order valence-electron chi connectivity index (χ3n) is 3.81. The number of halogens is 1. The van der Waals surface area contributed by atoms with Crippen LogP contribution in [0.1, 0.15) is 16.8 Å². The van der Waals surface area contributed by atoms with Crippen molar-refractivity contribution in [3.8, 4) is 17.6 Å². The maximum absolute atomic E-state index is 12.6. The minimum Gasteiger partial charge on any atom is -0.493 e. The van der Waals surface area contributed by atoms with Crippen LogP contribution in [0.4, 0.5) is 5.69 Å². The second-order valence-corrected chi connectivity index (χ2v) is 6.02. The fourth-order valence-electron chi connectivity index (χ4n) is 2.46. The molecular weight excluding hydrogens is 384 g/mol. The second-order valence-electron chi connectivity index (χ2n) is 5.58. The summed E-state index contributed by atoms with van der Waals surface area (Å²) < 4.78 is 15.4. The number of amides is 1. The highest BCUT2D eigenvalue weighted by atomic mass is 35.5. The van der Waals surface area contributed by atoms with Gasteiger partial charge in [-0.1, -0.05) is 17.7 Å². The molecule has 0 saturated heterocycles.